The maximum Gasteiger partial charge on any atom is 0.337 e. The van der Waals surface area contributed by atoms with Crippen LogP contribution in [-0.4, -0.2) is 38.2 Å². The van der Waals surface area contributed by atoms with E-state index < -0.39 is 23.8 Å². The SMILES string of the molecule is CC(=O)c1cccc(-n2c(=O)c3c4c(sc3n(CC(=O)OCc3ccccc3)c2=O)CN(C(C)=O)CC4)c1. The molecule has 0 spiro atoms. The van der Waals surface area contributed by atoms with Crippen molar-refractivity contribution in [3.05, 3.63) is 97.0 Å². The highest BCUT2D eigenvalue weighted by Crippen LogP contribution is 2.33. The van der Waals surface area contributed by atoms with E-state index in [1.54, 1.807) is 23.1 Å². The molecule has 0 saturated heterocycles. The lowest BCUT2D eigenvalue weighted by molar-refractivity contribution is -0.145. The van der Waals surface area contributed by atoms with E-state index in [1.807, 2.05) is 30.3 Å². The van der Waals surface area contributed by atoms with Crippen LogP contribution >= 0.6 is 11.3 Å². The molecule has 194 valence electrons. The summed E-state index contributed by atoms with van der Waals surface area (Å²) in [6.45, 7) is 3.33. The molecule has 0 bridgehead atoms. The van der Waals surface area contributed by atoms with Gasteiger partial charge in [-0.25, -0.2) is 9.36 Å². The van der Waals surface area contributed by atoms with Gasteiger partial charge in [-0.3, -0.25) is 23.7 Å². The normalized spacial score (nSPS) is 12.8. The summed E-state index contributed by atoms with van der Waals surface area (Å²) in [5.41, 5.74) is 0.945. The van der Waals surface area contributed by atoms with Gasteiger partial charge in [0, 0.05) is 23.9 Å². The van der Waals surface area contributed by atoms with Gasteiger partial charge in [0.1, 0.15) is 18.0 Å². The summed E-state index contributed by atoms with van der Waals surface area (Å²) in [5, 5.41) is 0.344. The topological polar surface area (TPSA) is 108 Å². The first-order valence-electron chi connectivity index (χ1n) is 12.1. The average Bonchev–Trinajstić information content (AvgIpc) is 3.29. The molecule has 4 aromatic rings. The maximum atomic E-state index is 13.8. The molecule has 0 fully saturated rings. The Balaban J connectivity index is 1.65. The number of fused-ring (bicyclic) bond motifs is 3. The fraction of sp³-hybridized carbons (Fsp3) is 0.250. The Bertz CT molecular complexity index is 1700. The second-order valence-corrected chi connectivity index (χ2v) is 10.2. The van der Waals surface area contributed by atoms with Gasteiger partial charge >= 0.3 is 11.7 Å². The molecule has 9 nitrogen and oxygen atoms in total. The standard InChI is InChI=1S/C28H25N3O6S/c1-17(32)20-9-6-10-21(13-20)31-26(35)25-22-11-12-29(18(2)33)14-23(22)38-27(25)30(28(31)36)15-24(34)37-16-19-7-4-3-5-8-19/h3-10,13H,11-12,14-16H2,1-2H3. The van der Waals surface area contributed by atoms with Crippen molar-refractivity contribution in [1.82, 2.24) is 14.0 Å². The lowest BCUT2D eigenvalue weighted by Gasteiger charge is -2.25. The van der Waals surface area contributed by atoms with Crippen LogP contribution in [0.2, 0.25) is 0 Å². The van der Waals surface area contributed by atoms with Gasteiger partial charge in [-0.1, -0.05) is 42.5 Å². The Labute approximate surface area is 221 Å². The number of benzene rings is 2. The number of esters is 1. The number of Topliss-reactive ketones (excluding diaryl/α,β-unsaturated/α-hetero) is 1. The average molecular weight is 532 g/mol. The second kappa shape index (κ2) is 10.2. The van der Waals surface area contributed by atoms with Crippen LogP contribution in [0, 0.1) is 0 Å². The molecule has 0 aliphatic carbocycles. The predicted molar refractivity (Wildman–Crippen MR) is 143 cm³/mol. The molecule has 1 aliphatic heterocycles. The molecule has 5 rings (SSSR count). The number of nitrogens with zero attached hydrogens (tertiary/aromatic N) is 3. The van der Waals surface area contributed by atoms with Crippen molar-refractivity contribution in [3.63, 3.8) is 0 Å². The molecule has 10 heteroatoms. The molecule has 1 aliphatic rings. The molecule has 3 heterocycles. The molecule has 0 radical (unpaired) electrons. The molecule has 0 atom stereocenters. The van der Waals surface area contributed by atoms with Crippen molar-refractivity contribution in [3.8, 4) is 5.69 Å². The van der Waals surface area contributed by atoms with Crippen LogP contribution in [0.3, 0.4) is 0 Å². The zero-order valence-electron chi connectivity index (χ0n) is 20.9. The summed E-state index contributed by atoms with van der Waals surface area (Å²) in [5.74, 6) is -0.909. The number of thiophene rings is 1. The zero-order chi connectivity index (χ0) is 27.0. The Morgan fingerprint density at radius 1 is 1.00 bits per heavy atom. The van der Waals surface area contributed by atoms with Gasteiger partial charge in [0.25, 0.3) is 5.56 Å². The third kappa shape index (κ3) is 4.70. The number of amides is 1. The molecule has 1 amide bonds. The molecule has 2 aromatic heterocycles. The summed E-state index contributed by atoms with van der Waals surface area (Å²) in [6.07, 6.45) is 0.453. The van der Waals surface area contributed by atoms with Gasteiger partial charge in [0.05, 0.1) is 17.6 Å². The van der Waals surface area contributed by atoms with Crippen LogP contribution in [0.1, 0.15) is 40.2 Å². The van der Waals surface area contributed by atoms with E-state index in [0.717, 1.165) is 20.6 Å². The highest BCUT2D eigenvalue weighted by atomic mass is 32.1. The Hall–Kier alpha value is -4.31. The van der Waals surface area contributed by atoms with E-state index in [-0.39, 0.29) is 24.0 Å². The van der Waals surface area contributed by atoms with Crippen molar-refractivity contribution in [2.45, 2.75) is 40.0 Å². The highest BCUT2D eigenvalue weighted by Gasteiger charge is 2.28. The first kappa shape index (κ1) is 25.3. The molecule has 0 unspecified atom stereocenters. The lowest BCUT2D eigenvalue weighted by atomic mass is 10.1. The molecule has 0 N–H and O–H groups in total. The van der Waals surface area contributed by atoms with Crippen molar-refractivity contribution in [1.29, 1.82) is 0 Å². The number of ether oxygens (including phenoxy) is 1. The molecular weight excluding hydrogens is 506 g/mol. The molecular formula is C28H25N3O6S. The predicted octanol–water partition coefficient (Wildman–Crippen LogP) is 3.06. The van der Waals surface area contributed by atoms with E-state index >= 15 is 0 Å². The number of aromatic nitrogens is 2. The highest BCUT2D eigenvalue weighted by molar-refractivity contribution is 7.18. The summed E-state index contributed by atoms with van der Waals surface area (Å²) < 4.78 is 7.69. The van der Waals surface area contributed by atoms with Crippen molar-refractivity contribution in [2.75, 3.05) is 6.54 Å². The minimum atomic E-state index is -0.707. The summed E-state index contributed by atoms with van der Waals surface area (Å²) in [6, 6.07) is 15.5. The third-order valence-electron chi connectivity index (χ3n) is 6.61. The fourth-order valence-electron chi connectivity index (χ4n) is 4.62. The number of hydrogen-bond acceptors (Lipinski definition) is 7. The van der Waals surface area contributed by atoms with Crippen LogP contribution in [0.15, 0.2) is 64.2 Å². The Kier molecular flexibility index (Phi) is 6.81. The van der Waals surface area contributed by atoms with Gasteiger partial charge in [0.2, 0.25) is 5.91 Å². The maximum absolute atomic E-state index is 13.8. The van der Waals surface area contributed by atoms with Crippen molar-refractivity contribution < 1.29 is 19.1 Å². The van der Waals surface area contributed by atoms with Crippen molar-refractivity contribution >= 4 is 39.2 Å². The number of rotatable bonds is 6. The number of ketones is 1. The largest absolute Gasteiger partial charge is 0.459 e. The van der Waals surface area contributed by atoms with E-state index in [9.17, 15) is 24.0 Å². The van der Waals surface area contributed by atoms with Crippen LogP contribution in [0.5, 0.6) is 0 Å². The van der Waals surface area contributed by atoms with Gasteiger partial charge in [-0.05, 0) is 36.6 Å². The summed E-state index contributed by atoms with van der Waals surface area (Å²) in [4.78, 5) is 67.3. The van der Waals surface area contributed by atoms with E-state index in [4.69, 9.17) is 4.74 Å². The minimum Gasteiger partial charge on any atom is -0.459 e. The minimum absolute atomic E-state index is 0.0480. The molecule has 2 aromatic carbocycles. The number of hydrogen-bond donors (Lipinski definition) is 0. The number of carbonyl (C=O) groups excluding carboxylic acids is 3. The summed E-state index contributed by atoms with van der Waals surface area (Å²) in [7, 11) is 0. The zero-order valence-corrected chi connectivity index (χ0v) is 21.7. The molecule has 0 saturated carbocycles. The Morgan fingerprint density at radius 3 is 2.47 bits per heavy atom. The second-order valence-electron chi connectivity index (χ2n) is 9.14. The lowest BCUT2D eigenvalue weighted by Crippen LogP contribution is -2.40. The smallest absolute Gasteiger partial charge is 0.337 e. The van der Waals surface area contributed by atoms with Gasteiger partial charge in [-0.15, -0.1) is 11.3 Å². The first-order chi connectivity index (χ1) is 18.2. The third-order valence-corrected chi connectivity index (χ3v) is 7.85. The number of carbonyl (C=O) groups is 3. The first-order valence-corrected chi connectivity index (χ1v) is 12.9. The van der Waals surface area contributed by atoms with Crippen molar-refractivity contribution in [2.24, 2.45) is 0 Å². The molecule has 38 heavy (non-hydrogen) atoms. The fourth-order valence-corrected chi connectivity index (χ4v) is 5.97. The van der Waals surface area contributed by atoms with Crippen LogP contribution in [0.25, 0.3) is 15.9 Å². The monoisotopic (exact) mass is 531 g/mol. The van der Waals surface area contributed by atoms with Crippen LogP contribution < -0.4 is 11.2 Å². The summed E-state index contributed by atoms with van der Waals surface area (Å²) >= 11 is 1.24. The Morgan fingerprint density at radius 2 is 1.76 bits per heavy atom. The van der Waals surface area contributed by atoms with Crippen LogP contribution in [0.4, 0.5) is 0 Å². The van der Waals surface area contributed by atoms with E-state index in [2.05, 4.69) is 0 Å². The van der Waals surface area contributed by atoms with Gasteiger partial charge < -0.3 is 9.64 Å². The van der Waals surface area contributed by atoms with E-state index in [1.165, 1.54) is 35.8 Å². The van der Waals surface area contributed by atoms with Gasteiger partial charge in [0.15, 0.2) is 5.78 Å². The van der Waals surface area contributed by atoms with Gasteiger partial charge in [-0.2, -0.15) is 0 Å². The quantitative estimate of drug-likeness (QED) is 0.280. The van der Waals surface area contributed by atoms with Crippen LogP contribution in [-0.2, 0) is 40.4 Å². The van der Waals surface area contributed by atoms with E-state index in [0.29, 0.717) is 35.3 Å².